The van der Waals surface area contributed by atoms with Gasteiger partial charge in [0.05, 0.1) is 0 Å². The summed E-state index contributed by atoms with van der Waals surface area (Å²) in [4.78, 5) is 0. The molecule has 0 saturated heterocycles. The van der Waals surface area contributed by atoms with Crippen LogP contribution in [0.1, 0.15) is 41.5 Å². The Balaban J connectivity index is 4.74. The molecular formula is C12H31PS2. The molecule has 3 heteroatoms. The Morgan fingerprint density at radius 2 is 0.733 bits per heavy atom. The molecular weight excluding hydrogens is 239 g/mol. The van der Waals surface area contributed by atoms with E-state index in [0.29, 0.717) is 0 Å². The normalized spacial score (nSPS) is 15.3. The summed E-state index contributed by atoms with van der Waals surface area (Å²) in [6.45, 7) is 15.9. The smallest absolute Gasteiger partial charge is 0.0217 e. The highest BCUT2D eigenvalue weighted by atomic mass is 33.1. The van der Waals surface area contributed by atoms with Crippen LogP contribution in [0.3, 0.4) is 0 Å². The fraction of sp³-hybridized carbons (Fsp3) is 1.00. The SMILES string of the molecule is CCS(CC)(CC)PS(CC)(CC)CC. The van der Waals surface area contributed by atoms with Gasteiger partial charge in [-0.05, 0) is 41.5 Å². The van der Waals surface area contributed by atoms with E-state index < -0.39 is 0 Å². The van der Waals surface area contributed by atoms with Crippen molar-refractivity contribution < 1.29 is 0 Å². The summed E-state index contributed by atoms with van der Waals surface area (Å²) in [5.74, 6) is 8.79. The molecule has 0 aromatic heterocycles. The zero-order valence-electron chi connectivity index (χ0n) is 11.6. The molecule has 0 aromatic rings. The minimum atomic E-state index is -0.239. The number of hydrogen-bond donors (Lipinski definition) is 0. The van der Waals surface area contributed by atoms with Crippen LogP contribution in [0, 0.1) is 0 Å². The van der Waals surface area contributed by atoms with Crippen molar-refractivity contribution in [3.05, 3.63) is 0 Å². The molecule has 0 aliphatic heterocycles. The van der Waals surface area contributed by atoms with Gasteiger partial charge in [0.1, 0.15) is 0 Å². The summed E-state index contributed by atoms with van der Waals surface area (Å²) in [6.07, 6.45) is 0. The molecule has 0 rings (SSSR count). The summed E-state index contributed by atoms with van der Waals surface area (Å²) in [7, 11) is -0.479. The molecule has 0 aliphatic carbocycles. The molecule has 0 fully saturated rings. The second-order valence-electron chi connectivity index (χ2n) is 3.91. The molecule has 0 amide bonds. The summed E-state index contributed by atoms with van der Waals surface area (Å²) in [5, 5.41) is 0. The van der Waals surface area contributed by atoms with Crippen LogP contribution in [-0.4, -0.2) is 34.5 Å². The lowest BCUT2D eigenvalue weighted by atomic mass is 10.9. The quantitative estimate of drug-likeness (QED) is 0.530. The Bertz CT molecular complexity index is 128. The Hall–Kier alpha value is 1.13. The third kappa shape index (κ3) is 4.13. The first-order valence-electron chi connectivity index (χ1n) is 6.38. The van der Waals surface area contributed by atoms with Gasteiger partial charge < -0.3 is 0 Å². The van der Waals surface area contributed by atoms with Gasteiger partial charge in [-0.25, -0.2) is 19.3 Å². The number of hydrogen-bond acceptors (Lipinski definition) is 0. The Labute approximate surface area is 102 Å². The molecule has 0 aliphatic rings. The molecule has 0 saturated carbocycles. The van der Waals surface area contributed by atoms with E-state index in [0.717, 1.165) is 0 Å². The predicted molar refractivity (Wildman–Crippen MR) is 86.7 cm³/mol. The van der Waals surface area contributed by atoms with Crippen LogP contribution < -0.4 is 0 Å². The van der Waals surface area contributed by atoms with E-state index in [1.165, 1.54) is 41.5 Å². The molecule has 0 atom stereocenters. The highest BCUT2D eigenvalue weighted by molar-refractivity contribution is 9.03. The van der Waals surface area contributed by atoms with Gasteiger partial charge in [-0.1, -0.05) is 41.5 Å². The maximum Gasteiger partial charge on any atom is -0.0217 e. The van der Waals surface area contributed by atoms with Crippen molar-refractivity contribution in [1.29, 1.82) is 0 Å². The highest BCUT2D eigenvalue weighted by Crippen LogP contribution is 2.82. The molecule has 0 aromatic carbocycles. The molecule has 96 valence electrons. The van der Waals surface area contributed by atoms with Gasteiger partial charge in [-0.3, -0.25) is 0 Å². The van der Waals surface area contributed by atoms with Gasteiger partial charge in [0, 0.05) is 0 Å². The van der Waals surface area contributed by atoms with Crippen LogP contribution in [-0.2, 0) is 0 Å². The van der Waals surface area contributed by atoms with E-state index >= 15 is 0 Å². The van der Waals surface area contributed by atoms with Crippen molar-refractivity contribution in [3.63, 3.8) is 0 Å². The van der Waals surface area contributed by atoms with Crippen LogP contribution in [0.5, 0.6) is 0 Å². The average molecular weight is 270 g/mol. The van der Waals surface area contributed by atoms with Crippen molar-refractivity contribution >= 4 is 26.3 Å². The fourth-order valence-corrected chi connectivity index (χ4v) is 23.3. The lowest BCUT2D eigenvalue weighted by Gasteiger charge is -2.49. The first-order chi connectivity index (χ1) is 7.07. The van der Waals surface area contributed by atoms with E-state index in [9.17, 15) is 0 Å². The molecule has 0 unspecified atom stereocenters. The molecule has 15 heavy (non-hydrogen) atoms. The molecule has 0 bridgehead atoms. The van der Waals surface area contributed by atoms with Crippen LogP contribution in [0.25, 0.3) is 0 Å². The van der Waals surface area contributed by atoms with Crippen LogP contribution in [0.2, 0.25) is 0 Å². The van der Waals surface area contributed by atoms with Crippen LogP contribution in [0.15, 0.2) is 0 Å². The van der Waals surface area contributed by atoms with Gasteiger partial charge >= 0.3 is 0 Å². The Kier molecular flexibility index (Phi) is 8.02. The topological polar surface area (TPSA) is 0 Å². The first-order valence-corrected chi connectivity index (χ1v) is 13.1. The standard InChI is InChI=1S/C12H31PS2/c1-7-14(8-2,9-3)13-15(10-4,11-5)12-6/h13H,7-12H2,1-6H3. The van der Waals surface area contributed by atoms with Gasteiger partial charge in [0.2, 0.25) is 0 Å². The maximum atomic E-state index is 2.43. The van der Waals surface area contributed by atoms with Crippen molar-refractivity contribution in [2.75, 3.05) is 34.5 Å². The summed E-state index contributed by atoms with van der Waals surface area (Å²) >= 11 is 0. The lowest BCUT2D eigenvalue weighted by molar-refractivity contribution is 1.36. The van der Waals surface area contributed by atoms with E-state index in [1.54, 1.807) is 0 Å². The van der Waals surface area contributed by atoms with Gasteiger partial charge in [-0.15, -0.1) is 0 Å². The summed E-state index contributed by atoms with van der Waals surface area (Å²) in [5.41, 5.74) is 0. The zero-order chi connectivity index (χ0) is 11.9. The highest BCUT2D eigenvalue weighted by Gasteiger charge is 2.27. The van der Waals surface area contributed by atoms with Crippen molar-refractivity contribution in [2.45, 2.75) is 41.5 Å². The molecule has 0 heterocycles. The van der Waals surface area contributed by atoms with Crippen LogP contribution in [0.4, 0.5) is 0 Å². The maximum absolute atomic E-state index is 2.43. The van der Waals surface area contributed by atoms with E-state index in [2.05, 4.69) is 41.5 Å². The zero-order valence-corrected chi connectivity index (χ0v) is 14.2. The van der Waals surface area contributed by atoms with Crippen molar-refractivity contribution in [3.8, 4) is 0 Å². The first kappa shape index (κ1) is 16.1. The predicted octanol–water partition coefficient (Wildman–Crippen LogP) is 5.22. The largest absolute Gasteiger partial charge is 0.216 e. The molecule has 0 N–H and O–H groups in total. The van der Waals surface area contributed by atoms with Gasteiger partial charge in [0.15, 0.2) is 0 Å². The van der Waals surface area contributed by atoms with Gasteiger partial charge in [-0.2, -0.15) is 0 Å². The van der Waals surface area contributed by atoms with Gasteiger partial charge in [0.25, 0.3) is 0 Å². The molecule has 0 nitrogen and oxygen atoms in total. The van der Waals surface area contributed by atoms with Crippen molar-refractivity contribution in [1.82, 2.24) is 0 Å². The second kappa shape index (κ2) is 7.45. The molecule has 0 radical (unpaired) electrons. The lowest BCUT2D eigenvalue weighted by Crippen LogP contribution is -2.10. The summed E-state index contributed by atoms with van der Waals surface area (Å²) in [6, 6.07) is 0. The Morgan fingerprint density at radius 3 is 0.867 bits per heavy atom. The van der Waals surface area contributed by atoms with E-state index in [-0.39, 0.29) is 19.3 Å². The van der Waals surface area contributed by atoms with Crippen LogP contribution >= 0.6 is 26.3 Å². The minimum absolute atomic E-state index is 0.239. The van der Waals surface area contributed by atoms with E-state index in [1.807, 2.05) is 0 Å². The second-order valence-corrected chi connectivity index (χ2v) is 18.9. The van der Waals surface area contributed by atoms with E-state index in [4.69, 9.17) is 0 Å². The third-order valence-corrected chi connectivity index (χ3v) is 24.7. The molecule has 0 spiro atoms. The minimum Gasteiger partial charge on any atom is -0.216 e. The number of rotatable bonds is 8. The van der Waals surface area contributed by atoms with Crippen molar-refractivity contribution in [2.24, 2.45) is 0 Å². The average Bonchev–Trinajstić information content (AvgIpc) is 2.33. The monoisotopic (exact) mass is 270 g/mol. The Morgan fingerprint density at radius 1 is 0.533 bits per heavy atom. The third-order valence-electron chi connectivity index (χ3n) is 3.67. The fourth-order valence-electron chi connectivity index (χ4n) is 1.95. The summed E-state index contributed by atoms with van der Waals surface area (Å²) < 4.78 is 0.